The Bertz CT molecular complexity index is 338. The van der Waals surface area contributed by atoms with E-state index in [0.717, 1.165) is 0 Å². The second-order valence-electron chi connectivity index (χ2n) is 2.59. The van der Waals surface area contributed by atoms with Crippen LogP contribution in [0.5, 0.6) is 0 Å². The van der Waals surface area contributed by atoms with Gasteiger partial charge in [0, 0.05) is 5.56 Å². The summed E-state index contributed by atoms with van der Waals surface area (Å²) in [6, 6.07) is 0. The lowest BCUT2D eigenvalue weighted by atomic mass is 10.1. The average molecular weight is 272 g/mol. The van der Waals surface area contributed by atoms with Gasteiger partial charge in [0.1, 0.15) is 0 Å². The summed E-state index contributed by atoms with van der Waals surface area (Å²) in [5.41, 5.74) is 4.39. The van der Waals surface area contributed by atoms with Crippen LogP contribution in [0.2, 0.25) is 0 Å². The van der Waals surface area contributed by atoms with Crippen molar-refractivity contribution >= 4 is 15.9 Å². The van der Waals surface area contributed by atoms with Gasteiger partial charge >= 0.3 is 0 Å². The van der Waals surface area contributed by atoms with E-state index in [4.69, 9.17) is 5.73 Å². The van der Waals surface area contributed by atoms with Gasteiger partial charge in [-0.3, -0.25) is 0 Å². The van der Waals surface area contributed by atoms with Crippen molar-refractivity contribution in [1.29, 1.82) is 0 Å². The molecule has 0 amide bonds. The first-order valence-corrected chi connectivity index (χ1v) is 4.50. The Labute approximate surface area is 86.0 Å². The smallest absolute Gasteiger partial charge is 0.176 e. The van der Waals surface area contributed by atoms with Gasteiger partial charge in [0.15, 0.2) is 23.3 Å². The van der Waals surface area contributed by atoms with E-state index in [1.807, 2.05) is 0 Å². The monoisotopic (exact) mass is 271 g/mol. The molecule has 0 fully saturated rings. The number of nitrogens with two attached hydrogens (primary N) is 1. The predicted molar refractivity (Wildman–Crippen MR) is 46.7 cm³/mol. The zero-order chi connectivity index (χ0) is 10.9. The molecular weight excluding hydrogens is 266 g/mol. The molecule has 0 aromatic heterocycles. The molecule has 2 N–H and O–H groups in total. The summed E-state index contributed by atoms with van der Waals surface area (Å²) < 4.78 is 51.0. The number of rotatable bonds is 2. The molecule has 1 aromatic rings. The van der Waals surface area contributed by atoms with Gasteiger partial charge in [-0.25, -0.2) is 17.6 Å². The summed E-state index contributed by atoms with van der Waals surface area (Å²) in [4.78, 5) is 0. The number of hydrogen-bond donors (Lipinski definition) is 1. The van der Waals surface area contributed by atoms with E-state index in [1.165, 1.54) is 0 Å². The van der Waals surface area contributed by atoms with Crippen LogP contribution in [0, 0.1) is 23.3 Å². The first-order chi connectivity index (χ1) is 6.50. The van der Waals surface area contributed by atoms with E-state index in [2.05, 4.69) is 15.9 Å². The van der Waals surface area contributed by atoms with E-state index in [0.29, 0.717) is 0 Å². The van der Waals surface area contributed by atoms with Crippen molar-refractivity contribution in [2.24, 2.45) is 5.73 Å². The molecule has 0 aliphatic carbocycles. The van der Waals surface area contributed by atoms with Crippen LogP contribution in [-0.2, 0) is 6.42 Å². The topological polar surface area (TPSA) is 26.0 Å². The van der Waals surface area contributed by atoms with Crippen LogP contribution in [0.15, 0.2) is 4.47 Å². The third-order valence-corrected chi connectivity index (χ3v) is 2.39. The molecule has 0 radical (unpaired) electrons. The van der Waals surface area contributed by atoms with Crippen LogP contribution in [0.1, 0.15) is 5.56 Å². The molecule has 1 nitrogen and oxygen atoms in total. The minimum absolute atomic E-state index is 0.0889. The highest BCUT2D eigenvalue weighted by Gasteiger charge is 2.22. The zero-order valence-electron chi connectivity index (χ0n) is 6.88. The van der Waals surface area contributed by atoms with E-state index in [9.17, 15) is 17.6 Å². The van der Waals surface area contributed by atoms with Crippen molar-refractivity contribution < 1.29 is 17.6 Å². The molecule has 0 heterocycles. The SMILES string of the molecule is NCCc1c(F)c(F)c(Br)c(F)c1F. The molecule has 0 bridgehead atoms. The molecule has 6 heteroatoms. The van der Waals surface area contributed by atoms with E-state index in [1.54, 1.807) is 0 Å². The van der Waals surface area contributed by atoms with Gasteiger partial charge in [0.2, 0.25) is 0 Å². The molecule has 78 valence electrons. The number of benzene rings is 1. The highest BCUT2D eigenvalue weighted by molar-refractivity contribution is 9.10. The van der Waals surface area contributed by atoms with Crippen LogP contribution in [0.25, 0.3) is 0 Å². The lowest BCUT2D eigenvalue weighted by Crippen LogP contribution is -2.10. The fourth-order valence-corrected chi connectivity index (χ4v) is 1.36. The largest absolute Gasteiger partial charge is 0.330 e. The Morgan fingerprint density at radius 3 is 1.71 bits per heavy atom. The molecular formula is C8H6BrF4N. The molecule has 0 unspecified atom stereocenters. The summed E-state index contributed by atoms with van der Waals surface area (Å²) in [5, 5.41) is 0. The average Bonchev–Trinajstić information content (AvgIpc) is 2.19. The molecule has 0 saturated heterocycles. The Morgan fingerprint density at radius 2 is 1.36 bits per heavy atom. The third-order valence-electron chi connectivity index (χ3n) is 1.70. The molecule has 0 aliphatic heterocycles. The van der Waals surface area contributed by atoms with Crippen molar-refractivity contribution in [2.45, 2.75) is 6.42 Å². The molecule has 14 heavy (non-hydrogen) atoms. The molecule has 1 rings (SSSR count). The van der Waals surface area contributed by atoms with Crippen LogP contribution in [0.3, 0.4) is 0 Å². The summed E-state index contributed by atoms with van der Waals surface area (Å²) in [7, 11) is 0. The normalized spacial score (nSPS) is 10.7. The van der Waals surface area contributed by atoms with Gasteiger partial charge < -0.3 is 5.73 Å². The Balaban J connectivity index is 3.43. The molecule has 1 aromatic carbocycles. The highest BCUT2D eigenvalue weighted by atomic mass is 79.9. The van der Waals surface area contributed by atoms with Gasteiger partial charge in [-0.15, -0.1) is 0 Å². The second kappa shape index (κ2) is 4.27. The minimum Gasteiger partial charge on any atom is -0.330 e. The fraction of sp³-hybridized carbons (Fsp3) is 0.250. The standard InChI is InChI=1S/C8H6BrF4N/c9-4-7(12)5(10)3(1-2-14)6(11)8(4)13/h1-2,14H2. The molecule has 0 aliphatic rings. The third kappa shape index (κ3) is 1.76. The minimum atomic E-state index is -1.44. The summed E-state index contributed by atoms with van der Waals surface area (Å²) in [5.74, 6) is -5.68. The second-order valence-corrected chi connectivity index (χ2v) is 3.38. The highest BCUT2D eigenvalue weighted by Crippen LogP contribution is 2.28. The van der Waals surface area contributed by atoms with Crippen LogP contribution in [0.4, 0.5) is 17.6 Å². The van der Waals surface area contributed by atoms with E-state index in [-0.39, 0.29) is 13.0 Å². The Kier molecular flexibility index (Phi) is 3.49. The number of hydrogen-bond acceptors (Lipinski definition) is 1. The lowest BCUT2D eigenvalue weighted by Gasteiger charge is -2.07. The lowest BCUT2D eigenvalue weighted by molar-refractivity contribution is 0.432. The van der Waals surface area contributed by atoms with Crippen LogP contribution < -0.4 is 5.73 Å². The van der Waals surface area contributed by atoms with Gasteiger partial charge in [0.05, 0.1) is 4.47 Å². The Morgan fingerprint density at radius 1 is 0.929 bits per heavy atom. The predicted octanol–water partition coefficient (Wildman–Crippen LogP) is 2.51. The summed E-state index contributed by atoms with van der Waals surface area (Å²) >= 11 is 2.40. The Hall–Kier alpha value is -0.620. The van der Waals surface area contributed by atoms with Gasteiger partial charge in [-0.05, 0) is 28.9 Å². The van der Waals surface area contributed by atoms with E-state index < -0.39 is 33.3 Å². The van der Waals surface area contributed by atoms with Crippen molar-refractivity contribution in [3.63, 3.8) is 0 Å². The summed E-state index contributed by atoms with van der Waals surface area (Å²) in [6.45, 7) is -0.0889. The maximum Gasteiger partial charge on any atom is 0.176 e. The van der Waals surface area contributed by atoms with E-state index >= 15 is 0 Å². The first-order valence-electron chi connectivity index (χ1n) is 3.71. The van der Waals surface area contributed by atoms with Gasteiger partial charge in [-0.2, -0.15) is 0 Å². The quantitative estimate of drug-likeness (QED) is 0.499. The van der Waals surface area contributed by atoms with Crippen LogP contribution in [-0.4, -0.2) is 6.54 Å². The maximum atomic E-state index is 13.0. The molecule has 0 saturated carbocycles. The van der Waals surface area contributed by atoms with Crippen molar-refractivity contribution in [3.8, 4) is 0 Å². The zero-order valence-corrected chi connectivity index (χ0v) is 8.47. The van der Waals surface area contributed by atoms with Gasteiger partial charge in [0.25, 0.3) is 0 Å². The van der Waals surface area contributed by atoms with Crippen molar-refractivity contribution in [1.82, 2.24) is 0 Å². The van der Waals surface area contributed by atoms with Gasteiger partial charge in [-0.1, -0.05) is 0 Å². The molecule has 0 spiro atoms. The fourth-order valence-electron chi connectivity index (χ4n) is 1.01. The van der Waals surface area contributed by atoms with Crippen LogP contribution >= 0.6 is 15.9 Å². The van der Waals surface area contributed by atoms with Crippen molar-refractivity contribution in [3.05, 3.63) is 33.3 Å². The van der Waals surface area contributed by atoms with Crippen molar-refractivity contribution in [2.75, 3.05) is 6.54 Å². The number of halogens is 5. The first kappa shape index (κ1) is 11.5. The maximum absolute atomic E-state index is 13.0. The molecule has 0 atom stereocenters. The summed E-state index contributed by atoms with van der Waals surface area (Å²) in [6.07, 6.45) is -0.251.